The molecule has 1 saturated heterocycles. The number of likely N-dealkylation sites (tertiary alicyclic amines) is 1. The molecule has 1 amide bonds. The molecular weight excluding hydrogens is 274 g/mol. The van der Waals surface area contributed by atoms with Crippen molar-refractivity contribution in [3.63, 3.8) is 0 Å². The molecule has 116 valence electrons. The van der Waals surface area contributed by atoms with Gasteiger partial charge in [-0.1, -0.05) is 24.3 Å². The lowest BCUT2D eigenvalue weighted by Crippen LogP contribution is -2.30. The highest BCUT2D eigenvalue weighted by Crippen LogP contribution is 2.34. The van der Waals surface area contributed by atoms with Crippen LogP contribution in [-0.4, -0.2) is 27.5 Å². The van der Waals surface area contributed by atoms with E-state index in [1.54, 1.807) is 0 Å². The van der Waals surface area contributed by atoms with E-state index in [1.807, 2.05) is 12.4 Å². The van der Waals surface area contributed by atoms with Crippen molar-refractivity contribution in [2.24, 2.45) is 0 Å². The van der Waals surface area contributed by atoms with Gasteiger partial charge in [0.15, 0.2) is 0 Å². The number of H-pyrrole nitrogens is 1. The summed E-state index contributed by atoms with van der Waals surface area (Å²) in [5.74, 6) is 0.286. The van der Waals surface area contributed by atoms with E-state index in [-0.39, 0.29) is 11.9 Å². The fraction of sp³-hybridized carbons (Fsp3) is 0.444. The van der Waals surface area contributed by atoms with Gasteiger partial charge in [0.25, 0.3) is 0 Å². The van der Waals surface area contributed by atoms with Gasteiger partial charge in [-0.3, -0.25) is 9.89 Å². The molecule has 2 aromatic rings. The van der Waals surface area contributed by atoms with E-state index in [9.17, 15) is 4.79 Å². The van der Waals surface area contributed by atoms with Crippen LogP contribution in [0.1, 0.15) is 48.4 Å². The maximum absolute atomic E-state index is 12.6. The maximum Gasteiger partial charge on any atom is 0.223 e. The van der Waals surface area contributed by atoms with E-state index < -0.39 is 0 Å². The Bertz CT molecular complexity index is 621. The highest BCUT2D eigenvalue weighted by atomic mass is 16.2. The van der Waals surface area contributed by atoms with Gasteiger partial charge in [0.2, 0.25) is 5.91 Å². The quantitative estimate of drug-likeness (QED) is 0.919. The second-order valence-electron chi connectivity index (χ2n) is 6.06. The summed E-state index contributed by atoms with van der Waals surface area (Å²) in [6.45, 7) is 3.03. The first-order valence-corrected chi connectivity index (χ1v) is 8.08. The number of hydrogen-bond acceptors (Lipinski definition) is 2. The van der Waals surface area contributed by atoms with Gasteiger partial charge < -0.3 is 4.90 Å². The largest absolute Gasteiger partial charge is 0.336 e. The molecule has 0 saturated carbocycles. The molecule has 0 bridgehead atoms. The first kappa shape index (κ1) is 14.8. The third-order valence-electron chi connectivity index (χ3n) is 4.53. The average molecular weight is 297 g/mol. The van der Waals surface area contributed by atoms with Crippen molar-refractivity contribution < 1.29 is 4.79 Å². The zero-order valence-corrected chi connectivity index (χ0v) is 13.1. The molecule has 1 atom stereocenters. The molecule has 1 aliphatic rings. The number of nitrogens with one attached hydrogen (secondary N) is 1. The number of aromatic amines is 1. The molecule has 1 aliphatic heterocycles. The van der Waals surface area contributed by atoms with Crippen molar-refractivity contribution >= 4 is 5.91 Å². The molecule has 4 heteroatoms. The lowest BCUT2D eigenvalue weighted by molar-refractivity contribution is -0.132. The minimum absolute atomic E-state index is 0.266. The molecule has 1 aromatic heterocycles. The highest BCUT2D eigenvalue weighted by molar-refractivity contribution is 5.77. The number of aromatic nitrogens is 2. The van der Waals surface area contributed by atoms with Crippen LogP contribution >= 0.6 is 0 Å². The molecule has 0 unspecified atom stereocenters. The Morgan fingerprint density at radius 3 is 3.05 bits per heavy atom. The van der Waals surface area contributed by atoms with Gasteiger partial charge in [-0.2, -0.15) is 5.10 Å². The summed E-state index contributed by atoms with van der Waals surface area (Å²) in [4.78, 5) is 14.7. The van der Waals surface area contributed by atoms with Gasteiger partial charge in [0.05, 0.1) is 12.2 Å². The number of rotatable bonds is 5. The van der Waals surface area contributed by atoms with Crippen LogP contribution in [0.25, 0.3) is 0 Å². The number of aryl methyl sites for hydroxylation is 2. The number of nitrogens with zero attached hydrogens (tertiary/aromatic N) is 2. The Balaban J connectivity index is 1.60. The molecule has 0 radical (unpaired) electrons. The van der Waals surface area contributed by atoms with E-state index in [0.29, 0.717) is 6.42 Å². The van der Waals surface area contributed by atoms with Crippen LogP contribution in [0.5, 0.6) is 0 Å². The Labute approximate surface area is 131 Å². The number of hydrogen-bond donors (Lipinski definition) is 1. The summed E-state index contributed by atoms with van der Waals surface area (Å²) in [6, 6.07) is 8.70. The number of benzene rings is 1. The molecular formula is C18H23N3O. The van der Waals surface area contributed by atoms with Crippen molar-refractivity contribution in [1.29, 1.82) is 0 Å². The fourth-order valence-electron chi connectivity index (χ4n) is 3.35. The minimum atomic E-state index is 0.266. The second kappa shape index (κ2) is 6.77. The Kier molecular flexibility index (Phi) is 4.56. The molecule has 0 aliphatic carbocycles. The normalized spacial score (nSPS) is 17.9. The van der Waals surface area contributed by atoms with Gasteiger partial charge >= 0.3 is 0 Å². The van der Waals surface area contributed by atoms with Gasteiger partial charge in [-0.15, -0.1) is 0 Å². The molecule has 0 spiro atoms. The van der Waals surface area contributed by atoms with Crippen molar-refractivity contribution in [1.82, 2.24) is 15.1 Å². The van der Waals surface area contributed by atoms with Crippen LogP contribution < -0.4 is 0 Å². The first-order valence-electron chi connectivity index (χ1n) is 8.08. The number of amides is 1. The molecule has 3 rings (SSSR count). The summed E-state index contributed by atoms with van der Waals surface area (Å²) in [6.07, 6.45) is 8.33. The van der Waals surface area contributed by atoms with Crippen molar-refractivity contribution in [3.8, 4) is 0 Å². The first-order chi connectivity index (χ1) is 10.8. The molecule has 1 fully saturated rings. The zero-order chi connectivity index (χ0) is 15.4. The van der Waals surface area contributed by atoms with Gasteiger partial charge in [0.1, 0.15) is 0 Å². The fourth-order valence-corrected chi connectivity index (χ4v) is 3.35. The smallest absolute Gasteiger partial charge is 0.223 e. The monoisotopic (exact) mass is 297 g/mol. The van der Waals surface area contributed by atoms with Crippen molar-refractivity contribution in [2.75, 3.05) is 6.54 Å². The number of carbonyl (C=O) groups excluding carboxylic acids is 1. The molecule has 22 heavy (non-hydrogen) atoms. The molecule has 2 heterocycles. The van der Waals surface area contributed by atoms with Gasteiger partial charge in [-0.25, -0.2) is 0 Å². The third-order valence-corrected chi connectivity index (χ3v) is 4.53. The summed E-state index contributed by atoms with van der Waals surface area (Å²) in [5.41, 5.74) is 3.76. The average Bonchev–Trinajstić information content (AvgIpc) is 3.18. The van der Waals surface area contributed by atoms with Crippen LogP contribution in [0.2, 0.25) is 0 Å². The summed E-state index contributed by atoms with van der Waals surface area (Å²) in [7, 11) is 0. The highest BCUT2D eigenvalue weighted by Gasteiger charge is 2.30. The minimum Gasteiger partial charge on any atom is -0.336 e. The Hall–Kier alpha value is -2.10. The van der Waals surface area contributed by atoms with E-state index in [0.717, 1.165) is 32.2 Å². The molecule has 4 nitrogen and oxygen atoms in total. The summed E-state index contributed by atoms with van der Waals surface area (Å²) < 4.78 is 0. The lowest BCUT2D eigenvalue weighted by Gasteiger charge is -2.26. The van der Waals surface area contributed by atoms with Crippen LogP contribution in [0.3, 0.4) is 0 Å². The Morgan fingerprint density at radius 1 is 1.41 bits per heavy atom. The van der Waals surface area contributed by atoms with E-state index in [4.69, 9.17) is 0 Å². The zero-order valence-electron chi connectivity index (χ0n) is 13.1. The van der Waals surface area contributed by atoms with Gasteiger partial charge in [0, 0.05) is 19.2 Å². The second-order valence-corrected chi connectivity index (χ2v) is 6.06. The van der Waals surface area contributed by atoms with Crippen molar-refractivity contribution in [2.45, 2.75) is 45.1 Å². The molecule has 1 N–H and O–H groups in total. The van der Waals surface area contributed by atoms with Crippen LogP contribution in [0.4, 0.5) is 0 Å². The standard InChI is InChI=1S/C18H23N3O/c1-14-6-2-3-8-16(14)17-9-5-11-21(17)18(22)10-4-7-15-12-19-20-13-15/h2-3,6,8,12-13,17H,4-5,7,9-11H2,1H3,(H,19,20)/t17-/m0/s1. The maximum atomic E-state index is 12.6. The summed E-state index contributed by atoms with van der Waals surface area (Å²) in [5, 5.41) is 6.75. The Morgan fingerprint density at radius 2 is 2.27 bits per heavy atom. The van der Waals surface area contributed by atoms with E-state index >= 15 is 0 Å². The van der Waals surface area contributed by atoms with Crippen molar-refractivity contribution in [3.05, 3.63) is 53.3 Å². The molecule has 1 aromatic carbocycles. The predicted octanol–water partition coefficient (Wildman–Crippen LogP) is 3.40. The summed E-state index contributed by atoms with van der Waals surface area (Å²) >= 11 is 0. The van der Waals surface area contributed by atoms with Crippen LogP contribution in [0, 0.1) is 6.92 Å². The van der Waals surface area contributed by atoms with E-state index in [2.05, 4.69) is 46.3 Å². The predicted molar refractivity (Wildman–Crippen MR) is 86.4 cm³/mol. The SMILES string of the molecule is Cc1ccccc1[C@@H]1CCCN1C(=O)CCCc1cn[nH]c1. The third kappa shape index (κ3) is 3.21. The van der Waals surface area contributed by atoms with Crippen LogP contribution in [-0.2, 0) is 11.2 Å². The number of carbonyl (C=O) groups is 1. The lowest BCUT2D eigenvalue weighted by atomic mass is 9.99. The topological polar surface area (TPSA) is 49.0 Å². The van der Waals surface area contributed by atoms with Crippen LogP contribution in [0.15, 0.2) is 36.7 Å². The van der Waals surface area contributed by atoms with E-state index in [1.165, 1.54) is 16.7 Å². The van der Waals surface area contributed by atoms with Gasteiger partial charge in [-0.05, 0) is 49.3 Å².